The zero-order chi connectivity index (χ0) is 16.6. The van der Waals surface area contributed by atoms with E-state index in [1.807, 2.05) is 25.1 Å². The largest absolute Gasteiger partial charge is 0.363 e. The summed E-state index contributed by atoms with van der Waals surface area (Å²) in [6, 6.07) is 1.97. The third-order valence-corrected chi connectivity index (χ3v) is 7.11. The molecule has 3 rings (SSSR count). The molecule has 0 amide bonds. The summed E-state index contributed by atoms with van der Waals surface area (Å²) in [5.41, 5.74) is 0. The van der Waals surface area contributed by atoms with E-state index in [0.717, 1.165) is 50.5 Å². The lowest BCUT2D eigenvalue weighted by molar-refractivity contribution is 0.310. The summed E-state index contributed by atoms with van der Waals surface area (Å²) in [5, 5.41) is -0.134. The number of piperidine rings is 1. The highest BCUT2D eigenvalue weighted by Gasteiger charge is 2.41. The van der Waals surface area contributed by atoms with Crippen LogP contribution in [0.3, 0.4) is 0 Å². The molecule has 1 aromatic heterocycles. The van der Waals surface area contributed by atoms with Gasteiger partial charge in [0.2, 0.25) is 16.0 Å². The molecule has 0 spiro atoms. The lowest BCUT2D eigenvalue weighted by atomic mass is 10.1. The van der Waals surface area contributed by atoms with Crippen molar-refractivity contribution in [3.05, 3.63) is 12.3 Å². The standard InChI is InChI=1S/C15H25N5O2S/c1-18(2)14-6-9-16-15(17-14)20-10-7-12(8-11-20)19(3)23(21,22)13-4-5-13/h6,9,12-13H,4-5,7-8,10-11H2,1-3H3. The Labute approximate surface area is 138 Å². The third kappa shape index (κ3) is 3.42. The summed E-state index contributed by atoms with van der Waals surface area (Å²) in [4.78, 5) is 13.0. The molecule has 1 aliphatic carbocycles. The minimum absolute atomic E-state index is 0.0916. The molecule has 0 bridgehead atoms. The normalized spacial score (nSPS) is 20.1. The number of hydrogen-bond acceptors (Lipinski definition) is 6. The summed E-state index contributed by atoms with van der Waals surface area (Å²) in [7, 11) is 2.55. The van der Waals surface area contributed by atoms with E-state index in [4.69, 9.17) is 0 Å². The lowest BCUT2D eigenvalue weighted by Crippen LogP contribution is -2.46. The molecule has 1 saturated carbocycles. The fraction of sp³-hybridized carbons (Fsp3) is 0.733. The lowest BCUT2D eigenvalue weighted by Gasteiger charge is -2.36. The third-order valence-electron chi connectivity index (χ3n) is 4.69. The second kappa shape index (κ2) is 6.24. The van der Waals surface area contributed by atoms with Crippen molar-refractivity contribution in [1.82, 2.24) is 14.3 Å². The fourth-order valence-electron chi connectivity index (χ4n) is 2.98. The van der Waals surface area contributed by atoms with Crippen molar-refractivity contribution in [2.45, 2.75) is 37.0 Å². The molecule has 0 atom stereocenters. The van der Waals surface area contributed by atoms with Gasteiger partial charge >= 0.3 is 0 Å². The summed E-state index contributed by atoms with van der Waals surface area (Å²) < 4.78 is 26.3. The Balaban J connectivity index is 1.63. The van der Waals surface area contributed by atoms with Gasteiger partial charge in [0.15, 0.2) is 0 Å². The number of sulfonamides is 1. The van der Waals surface area contributed by atoms with Gasteiger partial charge in [0.25, 0.3) is 0 Å². The molecule has 0 N–H and O–H groups in total. The highest BCUT2D eigenvalue weighted by Crippen LogP contribution is 2.33. The van der Waals surface area contributed by atoms with Crippen molar-refractivity contribution in [2.24, 2.45) is 0 Å². The van der Waals surface area contributed by atoms with Crippen molar-refractivity contribution in [3.8, 4) is 0 Å². The van der Waals surface area contributed by atoms with Crippen molar-refractivity contribution in [1.29, 1.82) is 0 Å². The van der Waals surface area contributed by atoms with Crippen LogP contribution in [0, 0.1) is 0 Å². The van der Waals surface area contributed by atoms with Gasteiger partial charge in [0, 0.05) is 46.5 Å². The van der Waals surface area contributed by atoms with Gasteiger partial charge in [-0.3, -0.25) is 0 Å². The molecule has 0 unspecified atom stereocenters. The highest BCUT2D eigenvalue weighted by atomic mass is 32.2. The van der Waals surface area contributed by atoms with E-state index in [1.54, 1.807) is 17.5 Å². The van der Waals surface area contributed by atoms with E-state index in [2.05, 4.69) is 14.9 Å². The molecule has 23 heavy (non-hydrogen) atoms. The van der Waals surface area contributed by atoms with Crippen LogP contribution in [0.1, 0.15) is 25.7 Å². The van der Waals surface area contributed by atoms with Crippen LogP contribution in [-0.2, 0) is 10.0 Å². The van der Waals surface area contributed by atoms with Crippen LogP contribution in [0.5, 0.6) is 0 Å². The van der Waals surface area contributed by atoms with Crippen molar-refractivity contribution in [2.75, 3.05) is 44.0 Å². The Morgan fingerprint density at radius 2 is 1.78 bits per heavy atom. The van der Waals surface area contributed by atoms with E-state index < -0.39 is 10.0 Å². The maximum absolute atomic E-state index is 12.3. The second-order valence-corrected chi connectivity index (χ2v) is 8.86. The van der Waals surface area contributed by atoms with Gasteiger partial charge in [-0.05, 0) is 31.7 Å². The van der Waals surface area contributed by atoms with Crippen LogP contribution >= 0.6 is 0 Å². The Morgan fingerprint density at radius 1 is 1.13 bits per heavy atom. The molecule has 128 valence electrons. The van der Waals surface area contributed by atoms with Gasteiger partial charge in [-0.1, -0.05) is 0 Å². The van der Waals surface area contributed by atoms with Gasteiger partial charge in [0.1, 0.15) is 5.82 Å². The number of anilines is 2. The van der Waals surface area contributed by atoms with E-state index in [1.165, 1.54) is 0 Å². The topological polar surface area (TPSA) is 69.6 Å². The zero-order valence-electron chi connectivity index (χ0n) is 14.0. The minimum Gasteiger partial charge on any atom is -0.363 e. The van der Waals surface area contributed by atoms with Crippen LogP contribution in [0.4, 0.5) is 11.8 Å². The maximum atomic E-state index is 12.3. The van der Waals surface area contributed by atoms with Gasteiger partial charge in [-0.25, -0.2) is 17.7 Å². The first-order chi connectivity index (χ1) is 10.9. The van der Waals surface area contributed by atoms with E-state index >= 15 is 0 Å². The van der Waals surface area contributed by atoms with Gasteiger partial charge in [-0.2, -0.15) is 4.98 Å². The molecule has 2 fully saturated rings. The van der Waals surface area contributed by atoms with Gasteiger partial charge < -0.3 is 9.80 Å². The van der Waals surface area contributed by atoms with Crippen LogP contribution in [-0.4, -0.2) is 68.2 Å². The van der Waals surface area contributed by atoms with E-state index in [0.29, 0.717) is 0 Å². The van der Waals surface area contributed by atoms with Gasteiger partial charge in [0.05, 0.1) is 5.25 Å². The molecule has 2 heterocycles. The number of aromatic nitrogens is 2. The number of hydrogen-bond donors (Lipinski definition) is 0. The molecule has 0 radical (unpaired) electrons. The average Bonchev–Trinajstić information content (AvgIpc) is 3.40. The molecule has 1 aromatic rings. The molecule has 7 nitrogen and oxygen atoms in total. The predicted octanol–water partition coefficient (Wildman–Crippen LogP) is 0.935. The molecule has 8 heteroatoms. The molecule has 1 aliphatic heterocycles. The summed E-state index contributed by atoms with van der Waals surface area (Å²) in [5.74, 6) is 1.60. The first-order valence-electron chi connectivity index (χ1n) is 8.12. The van der Waals surface area contributed by atoms with Crippen molar-refractivity contribution in [3.63, 3.8) is 0 Å². The Bertz CT molecular complexity index is 652. The Hall–Kier alpha value is -1.41. The minimum atomic E-state index is -3.09. The Kier molecular flexibility index (Phi) is 4.46. The SMILES string of the molecule is CN(C)c1ccnc(N2CCC(N(C)S(=O)(=O)C3CC3)CC2)n1. The van der Waals surface area contributed by atoms with Crippen molar-refractivity contribution >= 4 is 21.8 Å². The van der Waals surface area contributed by atoms with Crippen LogP contribution in [0.15, 0.2) is 12.3 Å². The summed E-state index contributed by atoms with van der Waals surface area (Å²) >= 11 is 0. The van der Waals surface area contributed by atoms with Crippen LogP contribution < -0.4 is 9.80 Å². The quantitative estimate of drug-likeness (QED) is 0.795. The molecule has 1 saturated heterocycles. The predicted molar refractivity (Wildman–Crippen MR) is 91.3 cm³/mol. The van der Waals surface area contributed by atoms with Crippen molar-refractivity contribution < 1.29 is 8.42 Å². The number of rotatable bonds is 5. The molecule has 2 aliphatic rings. The Morgan fingerprint density at radius 3 is 2.35 bits per heavy atom. The van der Waals surface area contributed by atoms with Crippen LogP contribution in [0.25, 0.3) is 0 Å². The summed E-state index contributed by atoms with van der Waals surface area (Å²) in [6.45, 7) is 1.57. The highest BCUT2D eigenvalue weighted by molar-refractivity contribution is 7.90. The zero-order valence-corrected chi connectivity index (χ0v) is 14.8. The maximum Gasteiger partial charge on any atom is 0.227 e. The monoisotopic (exact) mass is 339 g/mol. The molecular weight excluding hydrogens is 314 g/mol. The summed E-state index contributed by atoms with van der Waals surface area (Å²) in [6.07, 6.45) is 5.04. The molecule has 0 aromatic carbocycles. The number of nitrogens with zero attached hydrogens (tertiary/aromatic N) is 5. The fourth-order valence-corrected chi connectivity index (χ4v) is 4.81. The van der Waals surface area contributed by atoms with Gasteiger partial charge in [-0.15, -0.1) is 0 Å². The second-order valence-electron chi connectivity index (χ2n) is 6.59. The van der Waals surface area contributed by atoms with E-state index in [9.17, 15) is 8.42 Å². The van der Waals surface area contributed by atoms with Crippen LogP contribution in [0.2, 0.25) is 0 Å². The first kappa shape index (κ1) is 16.4. The smallest absolute Gasteiger partial charge is 0.227 e. The van der Waals surface area contributed by atoms with E-state index in [-0.39, 0.29) is 11.3 Å². The molecular formula is C15H25N5O2S. The first-order valence-corrected chi connectivity index (χ1v) is 9.62. The average molecular weight is 339 g/mol.